The van der Waals surface area contributed by atoms with Gasteiger partial charge in [-0.2, -0.15) is 13.2 Å². The number of nitrogens with two attached hydrogens (primary N) is 1. The number of hydrogen-bond donors (Lipinski definition) is 2. The van der Waals surface area contributed by atoms with E-state index in [-0.39, 0.29) is 40.0 Å². The van der Waals surface area contributed by atoms with Gasteiger partial charge < -0.3 is 20.4 Å². The number of halogens is 4. The molecule has 1 aromatic carbocycles. The molecule has 4 aromatic rings. The Hall–Kier alpha value is -3.60. The molecule has 0 radical (unpaired) electrons. The molecule has 0 aliphatic carbocycles. The number of hydrogen-bond acceptors (Lipinski definition) is 7. The number of pyridine rings is 1. The number of rotatable bonds is 3. The van der Waals surface area contributed by atoms with E-state index >= 15 is 0 Å². The van der Waals surface area contributed by atoms with Crippen molar-refractivity contribution in [2.24, 2.45) is 0 Å². The minimum absolute atomic E-state index is 0.00931. The molecule has 0 unspecified atom stereocenters. The van der Waals surface area contributed by atoms with Crippen LogP contribution in [0.5, 0.6) is 5.75 Å². The zero-order valence-corrected chi connectivity index (χ0v) is 18.0. The van der Waals surface area contributed by atoms with Crippen LogP contribution in [-0.2, 0) is 12.7 Å². The van der Waals surface area contributed by atoms with E-state index in [0.717, 1.165) is 5.69 Å². The third-order valence-corrected chi connectivity index (χ3v) is 5.77. The number of nitrogens with one attached hydrogen (secondary N) is 1. The van der Waals surface area contributed by atoms with E-state index in [1.807, 2.05) is 4.90 Å². The van der Waals surface area contributed by atoms with Gasteiger partial charge in [-0.25, -0.2) is 19.9 Å². The Labute approximate surface area is 190 Å². The van der Waals surface area contributed by atoms with Gasteiger partial charge in [0.1, 0.15) is 24.6 Å². The smallest absolute Gasteiger partial charge is 0.418 e. The Morgan fingerprint density at radius 3 is 2.82 bits per heavy atom. The Morgan fingerprint density at radius 2 is 2.09 bits per heavy atom. The van der Waals surface area contributed by atoms with Gasteiger partial charge in [-0.05, 0) is 24.6 Å². The molecule has 1 aliphatic rings. The third-order valence-electron chi connectivity index (χ3n) is 5.40. The van der Waals surface area contributed by atoms with Gasteiger partial charge in [-0.3, -0.25) is 0 Å². The van der Waals surface area contributed by atoms with Crippen molar-refractivity contribution in [3.05, 3.63) is 52.8 Å². The van der Waals surface area contributed by atoms with Crippen LogP contribution in [0.15, 0.2) is 31.0 Å². The molecule has 0 spiro atoms. The molecule has 3 aromatic heterocycles. The van der Waals surface area contributed by atoms with Crippen molar-refractivity contribution in [3.63, 3.8) is 0 Å². The summed E-state index contributed by atoms with van der Waals surface area (Å²) in [5.41, 5.74) is 5.73. The average Bonchev–Trinajstić information content (AvgIpc) is 3.18. The first kappa shape index (κ1) is 21.3. The summed E-state index contributed by atoms with van der Waals surface area (Å²) >= 11 is 6.65. The van der Waals surface area contributed by atoms with Gasteiger partial charge >= 0.3 is 6.18 Å². The Bertz CT molecular complexity index is 1360. The lowest BCUT2D eigenvalue weighted by atomic mass is 9.99. The van der Waals surface area contributed by atoms with Crippen LogP contribution in [0.3, 0.4) is 0 Å². The summed E-state index contributed by atoms with van der Waals surface area (Å²) in [5.74, 6) is 0.720. The Morgan fingerprint density at radius 1 is 1.27 bits per heavy atom. The first-order valence-corrected chi connectivity index (χ1v) is 10.3. The van der Waals surface area contributed by atoms with Crippen molar-refractivity contribution in [2.75, 3.05) is 23.8 Å². The summed E-state index contributed by atoms with van der Waals surface area (Å²) in [5, 5.41) is 0.502. The maximum Gasteiger partial charge on any atom is 0.418 e. The number of imidazole rings is 1. The summed E-state index contributed by atoms with van der Waals surface area (Å²) in [6.07, 6.45) is -0.0269. The lowest BCUT2D eigenvalue weighted by Crippen LogP contribution is -2.27. The highest BCUT2D eigenvalue weighted by Gasteiger charge is 2.38. The normalized spacial score (nSPS) is 13.8. The van der Waals surface area contributed by atoms with E-state index in [1.54, 1.807) is 12.5 Å². The lowest BCUT2D eigenvalue weighted by molar-refractivity contribution is -0.137. The maximum atomic E-state index is 13.9. The highest BCUT2D eigenvalue weighted by Crippen LogP contribution is 2.47. The quantitative estimate of drug-likeness (QED) is 0.453. The van der Waals surface area contributed by atoms with Crippen molar-refractivity contribution < 1.29 is 17.9 Å². The second kappa shape index (κ2) is 7.77. The van der Waals surface area contributed by atoms with Crippen LogP contribution < -0.4 is 15.4 Å². The predicted molar refractivity (Wildman–Crippen MR) is 117 cm³/mol. The summed E-state index contributed by atoms with van der Waals surface area (Å²) in [6, 6.07) is 2.65. The van der Waals surface area contributed by atoms with Crippen LogP contribution in [0, 0.1) is 6.92 Å². The van der Waals surface area contributed by atoms with Crippen LogP contribution >= 0.6 is 11.6 Å². The number of alkyl halides is 3. The first-order chi connectivity index (χ1) is 15.7. The zero-order chi connectivity index (χ0) is 23.3. The van der Waals surface area contributed by atoms with Crippen LogP contribution in [0.4, 0.5) is 24.8 Å². The van der Waals surface area contributed by atoms with Crippen LogP contribution in [0.25, 0.3) is 22.2 Å². The molecule has 0 saturated heterocycles. The van der Waals surface area contributed by atoms with Gasteiger partial charge in [0, 0.05) is 11.8 Å². The lowest BCUT2D eigenvalue weighted by Gasteiger charge is -2.21. The van der Waals surface area contributed by atoms with Crippen molar-refractivity contribution in [3.8, 4) is 17.0 Å². The van der Waals surface area contributed by atoms with E-state index in [4.69, 9.17) is 22.1 Å². The first-order valence-electron chi connectivity index (χ1n) is 9.91. The summed E-state index contributed by atoms with van der Waals surface area (Å²) in [6.45, 7) is 2.51. The van der Waals surface area contributed by atoms with Crippen LogP contribution in [0.2, 0.25) is 5.02 Å². The molecular weight excluding hydrogens is 459 g/mol. The number of aromatic nitrogens is 5. The topological polar surface area (TPSA) is 106 Å². The summed E-state index contributed by atoms with van der Waals surface area (Å²) < 4.78 is 47.7. The molecule has 0 amide bonds. The van der Waals surface area contributed by atoms with Gasteiger partial charge in [0.2, 0.25) is 0 Å². The van der Waals surface area contributed by atoms with E-state index in [0.29, 0.717) is 29.8 Å². The molecule has 33 heavy (non-hydrogen) atoms. The minimum Gasteiger partial charge on any atom is -0.489 e. The fourth-order valence-corrected chi connectivity index (χ4v) is 4.33. The fourth-order valence-electron chi connectivity index (χ4n) is 4.04. The summed E-state index contributed by atoms with van der Waals surface area (Å²) in [7, 11) is 0. The maximum absolute atomic E-state index is 13.9. The molecule has 1 aliphatic heterocycles. The zero-order valence-electron chi connectivity index (χ0n) is 17.2. The number of benzene rings is 1. The van der Waals surface area contributed by atoms with E-state index < -0.39 is 11.7 Å². The van der Waals surface area contributed by atoms with Gasteiger partial charge in [0.15, 0.2) is 5.75 Å². The van der Waals surface area contributed by atoms with Gasteiger partial charge in [-0.15, -0.1) is 0 Å². The standard InChI is InChI=1S/C21H17ClF3N7O/c1-10-4-14(26)31-18(16(10)21(23,24)25)12-5-13-15-19(17(12)22)33-3-2-32(20(15)30-9-29-13)7-11-6-27-8-28-11/h4-6,8-9H,2-3,7H2,1H3,(H2,26,31)(H,27,28). The molecule has 0 atom stereocenters. The van der Waals surface area contributed by atoms with E-state index in [9.17, 15) is 13.2 Å². The molecule has 170 valence electrons. The molecule has 5 rings (SSSR count). The SMILES string of the molecule is Cc1cc(N)nc(-c2cc3ncnc4c3c(c2Cl)OCCN4Cc2cnc[nH]2)c1C(F)(F)F. The second-order valence-electron chi connectivity index (χ2n) is 7.59. The fraction of sp³-hybridized carbons (Fsp3) is 0.238. The van der Waals surface area contributed by atoms with Crippen LogP contribution in [0.1, 0.15) is 16.8 Å². The van der Waals surface area contributed by atoms with Gasteiger partial charge in [0.05, 0.1) is 52.3 Å². The molecule has 12 heteroatoms. The van der Waals surface area contributed by atoms with Crippen molar-refractivity contribution >= 4 is 34.1 Å². The van der Waals surface area contributed by atoms with E-state index in [1.165, 1.54) is 25.4 Å². The molecule has 0 saturated carbocycles. The number of nitrogens with zero attached hydrogens (tertiary/aromatic N) is 5. The highest BCUT2D eigenvalue weighted by atomic mass is 35.5. The number of aryl methyl sites for hydroxylation is 1. The summed E-state index contributed by atoms with van der Waals surface area (Å²) in [4.78, 5) is 21.7. The monoisotopic (exact) mass is 475 g/mol. The number of aromatic amines is 1. The molecular formula is C21H17ClF3N7O. The number of nitrogen functional groups attached to an aromatic ring is 1. The predicted octanol–water partition coefficient (Wildman–Crippen LogP) is 4.38. The third kappa shape index (κ3) is 3.67. The highest BCUT2D eigenvalue weighted by molar-refractivity contribution is 6.36. The number of ether oxygens (including phenoxy) is 1. The van der Waals surface area contributed by atoms with Crippen molar-refractivity contribution in [1.29, 1.82) is 0 Å². The average molecular weight is 476 g/mol. The molecule has 4 heterocycles. The van der Waals surface area contributed by atoms with E-state index in [2.05, 4.69) is 24.9 Å². The van der Waals surface area contributed by atoms with Gasteiger partial charge in [-0.1, -0.05) is 11.6 Å². The van der Waals surface area contributed by atoms with Gasteiger partial charge in [0.25, 0.3) is 0 Å². The number of H-pyrrole nitrogens is 1. The Balaban J connectivity index is 1.75. The van der Waals surface area contributed by atoms with Crippen molar-refractivity contribution in [1.82, 2.24) is 24.9 Å². The Kier molecular flexibility index (Phi) is 5.00. The minimum atomic E-state index is -4.66. The molecule has 0 fully saturated rings. The molecule has 8 nitrogen and oxygen atoms in total. The largest absolute Gasteiger partial charge is 0.489 e. The van der Waals surface area contributed by atoms with Crippen molar-refractivity contribution in [2.45, 2.75) is 19.6 Å². The van der Waals surface area contributed by atoms with Crippen LogP contribution in [-0.4, -0.2) is 38.1 Å². The molecule has 3 N–H and O–H groups in total. The number of anilines is 2. The molecule has 0 bridgehead atoms. The second-order valence-corrected chi connectivity index (χ2v) is 7.97.